The van der Waals surface area contributed by atoms with Gasteiger partial charge in [-0.2, -0.15) is 4.98 Å². The van der Waals surface area contributed by atoms with Gasteiger partial charge in [0.1, 0.15) is 11.6 Å². The average molecular weight is 497 g/mol. The summed E-state index contributed by atoms with van der Waals surface area (Å²) in [5.41, 5.74) is 1.83. The number of hydrogen-bond acceptors (Lipinski definition) is 6. The Labute approximate surface area is 185 Å². The maximum absolute atomic E-state index is 12.6. The number of aliphatic hydroxyl groups excluding tert-OH is 1. The number of benzene rings is 2. The summed E-state index contributed by atoms with van der Waals surface area (Å²) in [4.78, 5) is 8.78. The van der Waals surface area contributed by atoms with Crippen molar-refractivity contribution in [3.05, 3.63) is 64.6 Å². The van der Waals surface area contributed by atoms with Crippen LogP contribution in [0.4, 0.5) is 24.9 Å². The molecule has 164 valence electrons. The normalized spacial score (nSPS) is 12.3. The van der Waals surface area contributed by atoms with Gasteiger partial charge in [-0.05, 0) is 36.8 Å². The maximum atomic E-state index is 12.6. The molecular weight excluding hydrogens is 477 g/mol. The van der Waals surface area contributed by atoms with Crippen LogP contribution < -0.4 is 15.4 Å². The molecule has 0 amide bonds. The third-order valence-corrected chi connectivity index (χ3v) is 4.59. The quantitative estimate of drug-likeness (QED) is 0.397. The lowest BCUT2D eigenvalue weighted by Gasteiger charge is -2.15. The molecule has 10 heteroatoms. The zero-order chi connectivity index (χ0) is 22.4. The summed E-state index contributed by atoms with van der Waals surface area (Å²) in [6.07, 6.45) is -4.79. The van der Waals surface area contributed by atoms with Gasteiger partial charge >= 0.3 is 6.36 Å². The number of anilines is 2. The van der Waals surface area contributed by atoms with Crippen molar-refractivity contribution in [2.75, 3.05) is 17.2 Å². The molecule has 1 heterocycles. The lowest BCUT2D eigenvalue weighted by atomic mass is 10.1. The Kier molecular flexibility index (Phi) is 7.34. The van der Waals surface area contributed by atoms with Crippen LogP contribution in [0, 0.1) is 0 Å². The fourth-order valence-corrected chi connectivity index (χ4v) is 3.16. The largest absolute Gasteiger partial charge is 0.573 e. The second-order valence-corrected chi connectivity index (χ2v) is 7.66. The van der Waals surface area contributed by atoms with Crippen molar-refractivity contribution < 1.29 is 23.0 Å². The molecule has 0 aliphatic rings. The van der Waals surface area contributed by atoms with E-state index in [-0.39, 0.29) is 24.3 Å². The number of hydrogen-bond donors (Lipinski definition) is 3. The monoisotopic (exact) mass is 496 g/mol. The number of ether oxygens (including phenoxy) is 1. The minimum atomic E-state index is -4.79. The number of halogens is 4. The number of rotatable bonds is 8. The van der Waals surface area contributed by atoms with Crippen molar-refractivity contribution in [2.45, 2.75) is 25.9 Å². The van der Waals surface area contributed by atoms with Crippen molar-refractivity contribution in [3.8, 4) is 17.0 Å². The van der Waals surface area contributed by atoms with E-state index in [0.29, 0.717) is 23.6 Å². The lowest BCUT2D eigenvalue weighted by Crippen LogP contribution is -2.21. The van der Waals surface area contributed by atoms with Gasteiger partial charge in [0.05, 0.1) is 12.3 Å². The van der Waals surface area contributed by atoms with E-state index in [0.717, 1.165) is 10.0 Å². The van der Waals surface area contributed by atoms with Crippen LogP contribution in [0.1, 0.15) is 12.5 Å². The zero-order valence-electron chi connectivity index (χ0n) is 16.4. The molecule has 1 atom stereocenters. The minimum Gasteiger partial charge on any atom is -0.406 e. The Morgan fingerprint density at radius 1 is 1.10 bits per heavy atom. The van der Waals surface area contributed by atoms with E-state index in [4.69, 9.17) is 0 Å². The molecule has 0 unspecified atom stereocenters. The highest BCUT2D eigenvalue weighted by Gasteiger charge is 2.31. The van der Waals surface area contributed by atoms with E-state index in [1.54, 1.807) is 19.1 Å². The molecule has 0 saturated heterocycles. The van der Waals surface area contributed by atoms with Gasteiger partial charge in [0.2, 0.25) is 5.95 Å². The first-order valence-corrected chi connectivity index (χ1v) is 10.1. The third kappa shape index (κ3) is 7.11. The van der Waals surface area contributed by atoms with Crippen LogP contribution in [-0.4, -0.2) is 34.1 Å². The van der Waals surface area contributed by atoms with Crippen LogP contribution in [0.15, 0.2) is 59.1 Å². The van der Waals surface area contributed by atoms with Gasteiger partial charge < -0.3 is 20.5 Å². The van der Waals surface area contributed by atoms with Crippen molar-refractivity contribution >= 4 is 27.7 Å². The summed E-state index contributed by atoms with van der Waals surface area (Å²) in [7, 11) is 0. The lowest BCUT2D eigenvalue weighted by molar-refractivity contribution is -0.274. The maximum Gasteiger partial charge on any atom is 0.573 e. The van der Waals surface area contributed by atoms with Gasteiger partial charge in [-0.1, -0.05) is 40.2 Å². The molecule has 3 N–H and O–H groups in total. The fraction of sp³-hybridized carbons (Fsp3) is 0.238. The minimum absolute atomic E-state index is 0.136. The van der Waals surface area contributed by atoms with Crippen LogP contribution >= 0.6 is 15.9 Å². The molecule has 6 nitrogen and oxygen atoms in total. The van der Waals surface area contributed by atoms with Crippen molar-refractivity contribution in [2.24, 2.45) is 0 Å². The molecule has 0 aliphatic heterocycles. The second-order valence-electron chi connectivity index (χ2n) is 6.75. The Morgan fingerprint density at radius 3 is 2.58 bits per heavy atom. The van der Waals surface area contributed by atoms with Gasteiger partial charge in [-0.3, -0.25) is 0 Å². The molecule has 3 rings (SSSR count). The molecule has 0 radical (unpaired) electrons. The van der Waals surface area contributed by atoms with E-state index in [2.05, 4.69) is 41.3 Å². The molecule has 3 aromatic rings. The highest BCUT2D eigenvalue weighted by atomic mass is 79.9. The predicted molar refractivity (Wildman–Crippen MR) is 116 cm³/mol. The molecule has 0 saturated carbocycles. The van der Waals surface area contributed by atoms with E-state index >= 15 is 0 Å². The van der Waals surface area contributed by atoms with E-state index in [1.807, 2.05) is 24.3 Å². The number of nitrogens with one attached hydrogen (secondary N) is 2. The Hall–Kier alpha value is -2.85. The standard InChI is InChI=1S/C21H20BrF3N4O2/c1-13(12-30)27-20-28-18(15-5-3-7-17(9-15)31-21(23,24)25)10-19(29-20)26-11-14-4-2-6-16(22)8-14/h2-10,13,30H,11-12H2,1H3,(H2,26,27,28,29)/t13-/m0/s1. The number of aliphatic hydroxyl groups is 1. The van der Waals surface area contributed by atoms with Crippen LogP contribution in [0.2, 0.25) is 0 Å². The molecule has 0 spiro atoms. The van der Waals surface area contributed by atoms with Crippen LogP contribution in [0.5, 0.6) is 5.75 Å². The van der Waals surface area contributed by atoms with Crippen molar-refractivity contribution in [1.29, 1.82) is 0 Å². The van der Waals surface area contributed by atoms with Crippen LogP contribution in [0.3, 0.4) is 0 Å². The zero-order valence-corrected chi connectivity index (χ0v) is 18.0. The first kappa shape index (κ1) is 22.8. The molecule has 2 aromatic carbocycles. The Bertz CT molecular complexity index is 1030. The molecule has 1 aromatic heterocycles. The molecule has 0 fully saturated rings. The third-order valence-electron chi connectivity index (χ3n) is 4.10. The van der Waals surface area contributed by atoms with E-state index in [1.165, 1.54) is 18.2 Å². The van der Waals surface area contributed by atoms with Gasteiger partial charge in [-0.25, -0.2) is 4.98 Å². The number of nitrogens with zero attached hydrogens (tertiary/aromatic N) is 2. The highest BCUT2D eigenvalue weighted by molar-refractivity contribution is 9.10. The van der Waals surface area contributed by atoms with Gasteiger partial charge in [0.15, 0.2) is 0 Å². The van der Waals surface area contributed by atoms with Crippen molar-refractivity contribution in [3.63, 3.8) is 0 Å². The van der Waals surface area contributed by atoms with Gasteiger partial charge in [-0.15, -0.1) is 13.2 Å². The highest BCUT2D eigenvalue weighted by Crippen LogP contribution is 2.29. The second kappa shape index (κ2) is 9.97. The van der Waals surface area contributed by atoms with Gasteiger partial charge in [0.25, 0.3) is 0 Å². The summed E-state index contributed by atoms with van der Waals surface area (Å²) < 4.78 is 42.7. The summed E-state index contributed by atoms with van der Waals surface area (Å²) in [5, 5.41) is 15.5. The Morgan fingerprint density at radius 2 is 1.87 bits per heavy atom. The summed E-state index contributed by atoms with van der Waals surface area (Å²) >= 11 is 3.43. The number of aromatic nitrogens is 2. The SMILES string of the molecule is C[C@@H](CO)Nc1nc(NCc2cccc(Br)c2)cc(-c2cccc(OC(F)(F)F)c2)n1. The van der Waals surface area contributed by atoms with E-state index in [9.17, 15) is 18.3 Å². The number of alkyl halides is 3. The van der Waals surface area contributed by atoms with E-state index < -0.39 is 6.36 Å². The van der Waals surface area contributed by atoms with Crippen LogP contribution in [-0.2, 0) is 6.54 Å². The average Bonchev–Trinajstić information content (AvgIpc) is 2.71. The predicted octanol–water partition coefficient (Wildman–Crippen LogP) is 5.21. The summed E-state index contributed by atoms with van der Waals surface area (Å²) in [6, 6.07) is 14.6. The summed E-state index contributed by atoms with van der Waals surface area (Å²) in [6.45, 7) is 2.09. The van der Waals surface area contributed by atoms with Gasteiger partial charge in [0, 0.05) is 28.7 Å². The first-order valence-electron chi connectivity index (χ1n) is 9.33. The summed E-state index contributed by atoms with van der Waals surface area (Å²) in [5.74, 6) is 0.364. The molecule has 0 bridgehead atoms. The smallest absolute Gasteiger partial charge is 0.406 e. The molecular formula is C21H20BrF3N4O2. The fourth-order valence-electron chi connectivity index (χ4n) is 2.71. The molecule has 0 aliphatic carbocycles. The van der Waals surface area contributed by atoms with Crippen LogP contribution in [0.25, 0.3) is 11.3 Å². The van der Waals surface area contributed by atoms with Crippen molar-refractivity contribution in [1.82, 2.24) is 9.97 Å². The Balaban J connectivity index is 1.90. The topological polar surface area (TPSA) is 79.3 Å². The molecule has 31 heavy (non-hydrogen) atoms. The first-order chi connectivity index (χ1) is 14.7.